The van der Waals surface area contributed by atoms with Gasteiger partial charge >= 0.3 is 0 Å². The quantitative estimate of drug-likeness (QED) is 0.893. The van der Waals surface area contributed by atoms with Crippen LogP contribution >= 0.6 is 0 Å². The fourth-order valence-electron chi connectivity index (χ4n) is 2.63. The molecule has 0 radical (unpaired) electrons. The third-order valence-corrected chi connectivity index (χ3v) is 3.86. The Morgan fingerprint density at radius 1 is 1.23 bits per heavy atom. The molecule has 1 aliphatic heterocycles. The van der Waals surface area contributed by atoms with Crippen molar-refractivity contribution in [3.8, 4) is 0 Å². The van der Waals surface area contributed by atoms with Crippen LogP contribution in [0.5, 0.6) is 0 Å². The predicted molar refractivity (Wildman–Crippen MR) is 83.3 cm³/mol. The Morgan fingerprint density at radius 3 is 2.77 bits per heavy atom. The second kappa shape index (κ2) is 6.98. The summed E-state index contributed by atoms with van der Waals surface area (Å²) in [5.74, 6) is 0.836. The van der Waals surface area contributed by atoms with Gasteiger partial charge in [-0.25, -0.2) is 9.97 Å². The minimum absolute atomic E-state index is 0.0150. The van der Waals surface area contributed by atoms with E-state index in [-0.39, 0.29) is 11.8 Å². The summed E-state index contributed by atoms with van der Waals surface area (Å²) < 4.78 is 0. The number of aromatic nitrogens is 3. The molecule has 3 heterocycles. The molecule has 1 amide bonds. The third-order valence-electron chi connectivity index (χ3n) is 3.86. The highest BCUT2D eigenvalue weighted by atomic mass is 16.1. The van der Waals surface area contributed by atoms with Crippen molar-refractivity contribution >= 4 is 11.9 Å². The summed E-state index contributed by atoms with van der Waals surface area (Å²) in [7, 11) is 0. The molecular weight excluding hydrogens is 278 g/mol. The molecule has 3 rings (SSSR count). The predicted octanol–water partition coefficient (Wildman–Crippen LogP) is 1.06. The van der Waals surface area contributed by atoms with Crippen molar-refractivity contribution in [2.45, 2.75) is 12.8 Å². The van der Waals surface area contributed by atoms with Crippen molar-refractivity contribution in [1.29, 1.82) is 0 Å². The van der Waals surface area contributed by atoms with Gasteiger partial charge in [-0.2, -0.15) is 0 Å². The summed E-state index contributed by atoms with van der Waals surface area (Å²) in [6.07, 6.45) is 8.67. The van der Waals surface area contributed by atoms with Crippen LogP contribution in [-0.2, 0) is 11.2 Å². The average molecular weight is 297 g/mol. The molecule has 1 saturated heterocycles. The van der Waals surface area contributed by atoms with E-state index in [9.17, 15) is 4.79 Å². The van der Waals surface area contributed by atoms with Gasteiger partial charge in [0.15, 0.2) is 0 Å². The van der Waals surface area contributed by atoms with E-state index >= 15 is 0 Å². The zero-order chi connectivity index (χ0) is 15.2. The van der Waals surface area contributed by atoms with Crippen LogP contribution in [0.2, 0.25) is 0 Å². The highest BCUT2D eigenvalue weighted by molar-refractivity contribution is 5.79. The number of hydrogen-bond acceptors (Lipinski definition) is 5. The molecule has 0 aromatic carbocycles. The Morgan fingerprint density at radius 2 is 2.00 bits per heavy atom. The second-order valence-electron chi connectivity index (χ2n) is 5.38. The number of carbonyl (C=O) groups excluding carboxylic acids is 1. The summed E-state index contributed by atoms with van der Waals surface area (Å²) >= 11 is 0. The van der Waals surface area contributed by atoms with E-state index in [0.29, 0.717) is 19.0 Å². The molecule has 0 spiro atoms. The van der Waals surface area contributed by atoms with E-state index in [1.54, 1.807) is 30.9 Å². The highest BCUT2D eigenvalue weighted by Crippen LogP contribution is 2.20. The number of anilines is 1. The van der Waals surface area contributed by atoms with Crippen LogP contribution in [0.4, 0.5) is 5.95 Å². The third kappa shape index (κ3) is 3.58. The zero-order valence-corrected chi connectivity index (χ0v) is 12.4. The number of hydrogen-bond donors (Lipinski definition) is 1. The SMILES string of the molecule is O=C(NCCc1ccncc1)[C@H]1CCN(c2ncccn2)C1. The van der Waals surface area contributed by atoms with E-state index in [2.05, 4.69) is 25.2 Å². The fraction of sp³-hybridized carbons (Fsp3) is 0.375. The number of pyridine rings is 1. The van der Waals surface area contributed by atoms with E-state index in [4.69, 9.17) is 0 Å². The molecule has 1 atom stereocenters. The first kappa shape index (κ1) is 14.4. The molecule has 0 bridgehead atoms. The Hall–Kier alpha value is -2.50. The van der Waals surface area contributed by atoms with E-state index in [0.717, 1.165) is 19.4 Å². The van der Waals surface area contributed by atoms with Crippen LogP contribution in [0, 0.1) is 5.92 Å². The van der Waals surface area contributed by atoms with E-state index < -0.39 is 0 Å². The molecule has 2 aromatic heterocycles. The molecule has 114 valence electrons. The topological polar surface area (TPSA) is 71.0 Å². The molecule has 1 N–H and O–H groups in total. The summed E-state index contributed by atoms with van der Waals surface area (Å²) in [6.45, 7) is 2.17. The Labute approximate surface area is 129 Å². The van der Waals surface area contributed by atoms with Crippen LogP contribution < -0.4 is 10.2 Å². The van der Waals surface area contributed by atoms with E-state index in [1.807, 2.05) is 12.1 Å². The number of nitrogens with zero attached hydrogens (tertiary/aromatic N) is 4. The first-order valence-electron chi connectivity index (χ1n) is 7.51. The van der Waals surface area contributed by atoms with Crippen LogP contribution in [0.1, 0.15) is 12.0 Å². The highest BCUT2D eigenvalue weighted by Gasteiger charge is 2.29. The van der Waals surface area contributed by atoms with Gasteiger partial charge in [-0.15, -0.1) is 0 Å². The van der Waals surface area contributed by atoms with Crippen molar-refractivity contribution < 1.29 is 4.79 Å². The largest absolute Gasteiger partial charge is 0.355 e. The lowest BCUT2D eigenvalue weighted by molar-refractivity contribution is -0.124. The molecule has 0 unspecified atom stereocenters. The zero-order valence-electron chi connectivity index (χ0n) is 12.4. The van der Waals surface area contributed by atoms with Crippen molar-refractivity contribution in [2.24, 2.45) is 5.92 Å². The van der Waals surface area contributed by atoms with Gasteiger partial charge in [-0.05, 0) is 36.6 Å². The molecule has 1 fully saturated rings. The number of rotatable bonds is 5. The average Bonchev–Trinajstić information content (AvgIpc) is 3.07. The van der Waals surface area contributed by atoms with Crippen LogP contribution in [0.3, 0.4) is 0 Å². The summed E-state index contributed by atoms with van der Waals surface area (Å²) in [6, 6.07) is 5.73. The number of nitrogens with one attached hydrogen (secondary N) is 1. The monoisotopic (exact) mass is 297 g/mol. The lowest BCUT2D eigenvalue weighted by Crippen LogP contribution is -2.34. The summed E-state index contributed by atoms with van der Waals surface area (Å²) in [5.41, 5.74) is 1.18. The first-order chi connectivity index (χ1) is 10.8. The van der Waals surface area contributed by atoms with Crippen molar-refractivity contribution in [2.75, 3.05) is 24.5 Å². The number of carbonyl (C=O) groups is 1. The minimum atomic E-state index is 0.0150. The molecule has 1 aliphatic rings. The van der Waals surface area contributed by atoms with Crippen molar-refractivity contribution in [1.82, 2.24) is 20.3 Å². The van der Waals surface area contributed by atoms with Crippen molar-refractivity contribution in [3.05, 3.63) is 48.5 Å². The maximum Gasteiger partial charge on any atom is 0.225 e. The first-order valence-corrected chi connectivity index (χ1v) is 7.51. The Bertz CT molecular complexity index is 604. The Balaban J connectivity index is 1.46. The van der Waals surface area contributed by atoms with Gasteiger partial charge < -0.3 is 10.2 Å². The summed E-state index contributed by atoms with van der Waals surface area (Å²) in [5, 5.41) is 3.02. The molecule has 6 nitrogen and oxygen atoms in total. The van der Waals surface area contributed by atoms with Crippen LogP contribution in [0.25, 0.3) is 0 Å². The van der Waals surface area contributed by atoms with Gasteiger partial charge in [-0.1, -0.05) is 0 Å². The lowest BCUT2D eigenvalue weighted by Gasteiger charge is -2.15. The smallest absolute Gasteiger partial charge is 0.225 e. The van der Waals surface area contributed by atoms with Crippen LogP contribution in [0.15, 0.2) is 43.0 Å². The summed E-state index contributed by atoms with van der Waals surface area (Å²) in [4.78, 5) is 26.7. The maximum atomic E-state index is 12.2. The van der Waals surface area contributed by atoms with Gasteiger partial charge in [0.2, 0.25) is 11.9 Å². The normalized spacial score (nSPS) is 17.5. The van der Waals surface area contributed by atoms with Gasteiger partial charge in [0, 0.05) is 44.4 Å². The van der Waals surface area contributed by atoms with Gasteiger partial charge in [0.25, 0.3) is 0 Å². The molecule has 22 heavy (non-hydrogen) atoms. The number of amides is 1. The second-order valence-corrected chi connectivity index (χ2v) is 5.38. The molecule has 0 aliphatic carbocycles. The molecule has 2 aromatic rings. The standard InChI is InChI=1S/C16H19N5O/c22-15(18-10-4-13-2-8-17-9-3-13)14-5-11-21(12-14)16-19-6-1-7-20-16/h1-3,6-9,14H,4-5,10-12H2,(H,18,22)/t14-/m0/s1. The molecule has 6 heteroatoms. The fourth-order valence-corrected chi connectivity index (χ4v) is 2.63. The molecular formula is C16H19N5O. The maximum absolute atomic E-state index is 12.2. The van der Waals surface area contributed by atoms with Crippen LogP contribution in [-0.4, -0.2) is 40.5 Å². The van der Waals surface area contributed by atoms with Gasteiger partial charge in [-0.3, -0.25) is 9.78 Å². The Kier molecular flexibility index (Phi) is 4.58. The lowest BCUT2D eigenvalue weighted by atomic mass is 10.1. The van der Waals surface area contributed by atoms with Crippen molar-refractivity contribution in [3.63, 3.8) is 0 Å². The van der Waals surface area contributed by atoms with Gasteiger partial charge in [0.05, 0.1) is 5.92 Å². The van der Waals surface area contributed by atoms with Gasteiger partial charge in [0.1, 0.15) is 0 Å². The molecule has 0 saturated carbocycles. The van der Waals surface area contributed by atoms with E-state index in [1.165, 1.54) is 5.56 Å². The minimum Gasteiger partial charge on any atom is -0.355 e.